The molecule has 2 saturated heterocycles. The molecule has 3 heterocycles. The van der Waals surface area contributed by atoms with Gasteiger partial charge in [-0.05, 0) is 69.0 Å². The number of pyridine rings is 1. The van der Waals surface area contributed by atoms with Crippen LogP contribution in [0.2, 0.25) is 0 Å². The average molecular weight is 423 g/mol. The number of rotatable bonds is 6. The summed E-state index contributed by atoms with van der Waals surface area (Å²) in [6, 6.07) is 12.4. The van der Waals surface area contributed by atoms with E-state index in [9.17, 15) is 4.79 Å². The standard InChI is InChI=1S/C25H34N4O2/c1-27-14-16-28(17-15-27)24-19-21(11-12-26-24)25(30)29-13-4-3-7-22(29)10-9-20-6-5-8-23(18-20)31-2/h5-6,8,11-12,18-19,22H,3-4,7,9-10,13-17H2,1-2H3/t22-/m1/s1. The topological polar surface area (TPSA) is 48.9 Å². The third kappa shape index (κ3) is 5.37. The van der Waals surface area contributed by atoms with E-state index >= 15 is 0 Å². The van der Waals surface area contributed by atoms with Gasteiger partial charge in [-0.15, -0.1) is 0 Å². The number of likely N-dealkylation sites (N-methyl/N-ethyl adjacent to an activating group) is 1. The van der Waals surface area contributed by atoms with Gasteiger partial charge < -0.3 is 19.4 Å². The number of aromatic nitrogens is 1. The van der Waals surface area contributed by atoms with Crippen LogP contribution in [-0.2, 0) is 6.42 Å². The Morgan fingerprint density at radius 1 is 1.10 bits per heavy atom. The molecule has 2 fully saturated rings. The number of likely N-dealkylation sites (tertiary alicyclic amines) is 1. The summed E-state index contributed by atoms with van der Waals surface area (Å²) in [7, 11) is 3.85. The Morgan fingerprint density at radius 3 is 2.74 bits per heavy atom. The molecular weight excluding hydrogens is 388 g/mol. The first kappa shape index (κ1) is 21.6. The number of piperazine rings is 1. The minimum atomic E-state index is 0.146. The van der Waals surface area contributed by atoms with Crippen LogP contribution in [0.5, 0.6) is 5.75 Å². The monoisotopic (exact) mass is 422 g/mol. The summed E-state index contributed by atoms with van der Waals surface area (Å²) < 4.78 is 5.35. The highest BCUT2D eigenvalue weighted by atomic mass is 16.5. The van der Waals surface area contributed by atoms with Gasteiger partial charge in [-0.2, -0.15) is 0 Å². The predicted octanol–water partition coefficient (Wildman–Crippen LogP) is 3.47. The maximum atomic E-state index is 13.5. The number of carbonyl (C=O) groups excluding carboxylic acids is 1. The van der Waals surface area contributed by atoms with Gasteiger partial charge in [-0.1, -0.05) is 12.1 Å². The van der Waals surface area contributed by atoms with Crippen molar-refractivity contribution in [2.75, 3.05) is 51.8 Å². The zero-order valence-electron chi connectivity index (χ0n) is 18.8. The highest BCUT2D eigenvalue weighted by molar-refractivity contribution is 5.95. The number of anilines is 1. The second-order valence-electron chi connectivity index (χ2n) is 8.73. The van der Waals surface area contributed by atoms with Crippen LogP contribution in [0, 0.1) is 0 Å². The van der Waals surface area contributed by atoms with Crippen LogP contribution in [-0.4, -0.2) is 73.6 Å². The van der Waals surface area contributed by atoms with E-state index in [1.54, 1.807) is 13.3 Å². The summed E-state index contributed by atoms with van der Waals surface area (Å²) in [6.07, 6.45) is 7.07. The average Bonchev–Trinajstić information content (AvgIpc) is 2.83. The first-order chi connectivity index (χ1) is 15.1. The minimum Gasteiger partial charge on any atom is -0.497 e. The van der Waals surface area contributed by atoms with Crippen molar-refractivity contribution in [2.45, 2.75) is 38.1 Å². The van der Waals surface area contributed by atoms with Crippen LogP contribution in [0.3, 0.4) is 0 Å². The summed E-state index contributed by atoms with van der Waals surface area (Å²) in [5.41, 5.74) is 2.02. The van der Waals surface area contributed by atoms with Crippen molar-refractivity contribution >= 4 is 11.7 Å². The van der Waals surface area contributed by atoms with E-state index in [-0.39, 0.29) is 11.9 Å². The fourth-order valence-corrected chi connectivity index (χ4v) is 4.66. The SMILES string of the molecule is COc1cccc(CC[C@H]2CCCCN2C(=O)c2ccnc(N3CCN(C)CC3)c2)c1. The number of ether oxygens (including phenoxy) is 1. The van der Waals surface area contributed by atoms with Crippen molar-refractivity contribution in [1.82, 2.24) is 14.8 Å². The Labute approximate surface area is 185 Å². The third-order valence-corrected chi connectivity index (χ3v) is 6.61. The molecule has 0 N–H and O–H groups in total. The summed E-state index contributed by atoms with van der Waals surface area (Å²) in [4.78, 5) is 24.7. The van der Waals surface area contributed by atoms with Crippen LogP contribution >= 0.6 is 0 Å². The molecule has 31 heavy (non-hydrogen) atoms. The zero-order chi connectivity index (χ0) is 21.6. The largest absolute Gasteiger partial charge is 0.497 e. The molecule has 166 valence electrons. The summed E-state index contributed by atoms with van der Waals surface area (Å²) in [5.74, 6) is 1.96. The maximum absolute atomic E-state index is 13.5. The molecule has 0 spiro atoms. The maximum Gasteiger partial charge on any atom is 0.254 e. The number of aryl methyl sites for hydroxylation is 1. The van der Waals surface area contributed by atoms with Crippen molar-refractivity contribution in [3.8, 4) is 5.75 Å². The fourth-order valence-electron chi connectivity index (χ4n) is 4.66. The Morgan fingerprint density at radius 2 is 1.94 bits per heavy atom. The van der Waals surface area contributed by atoms with Crippen molar-refractivity contribution in [3.63, 3.8) is 0 Å². The van der Waals surface area contributed by atoms with E-state index in [0.29, 0.717) is 0 Å². The van der Waals surface area contributed by atoms with Gasteiger partial charge in [0.2, 0.25) is 0 Å². The van der Waals surface area contributed by atoms with Crippen LogP contribution in [0.4, 0.5) is 5.82 Å². The number of piperidine rings is 1. The second kappa shape index (κ2) is 10.1. The van der Waals surface area contributed by atoms with Gasteiger partial charge >= 0.3 is 0 Å². The molecule has 2 aliphatic rings. The number of hydrogen-bond acceptors (Lipinski definition) is 5. The quantitative estimate of drug-likeness (QED) is 0.713. The third-order valence-electron chi connectivity index (χ3n) is 6.61. The van der Waals surface area contributed by atoms with Gasteiger partial charge in [0, 0.05) is 50.5 Å². The molecule has 0 unspecified atom stereocenters. The van der Waals surface area contributed by atoms with E-state index in [1.807, 2.05) is 24.3 Å². The van der Waals surface area contributed by atoms with Gasteiger partial charge in [-0.25, -0.2) is 4.98 Å². The molecule has 2 aromatic rings. The van der Waals surface area contributed by atoms with Gasteiger partial charge in [0.15, 0.2) is 0 Å². The molecule has 1 amide bonds. The number of carbonyl (C=O) groups is 1. The normalized spacial score (nSPS) is 20.0. The lowest BCUT2D eigenvalue weighted by Crippen LogP contribution is -2.45. The Balaban J connectivity index is 1.44. The second-order valence-corrected chi connectivity index (χ2v) is 8.73. The lowest BCUT2D eigenvalue weighted by atomic mass is 9.95. The van der Waals surface area contributed by atoms with Gasteiger partial charge in [0.1, 0.15) is 11.6 Å². The molecule has 6 heteroatoms. The van der Waals surface area contributed by atoms with E-state index in [1.165, 1.54) is 12.0 Å². The first-order valence-corrected chi connectivity index (χ1v) is 11.5. The summed E-state index contributed by atoms with van der Waals surface area (Å²) in [5, 5.41) is 0. The molecule has 0 bridgehead atoms. The smallest absolute Gasteiger partial charge is 0.254 e. The molecule has 1 aromatic heterocycles. The van der Waals surface area contributed by atoms with Crippen molar-refractivity contribution in [2.24, 2.45) is 0 Å². The number of benzene rings is 1. The molecule has 6 nitrogen and oxygen atoms in total. The van der Waals surface area contributed by atoms with E-state index in [0.717, 1.165) is 75.5 Å². The number of methoxy groups -OCH3 is 1. The van der Waals surface area contributed by atoms with E-state index < -0.39 is 0 Å². The predicted molar refractivity (Wildman–Crippen MR) is 124 cm³/mol. The minimum absolute atomic E-state index is 0.146. The zero-order valence-corrected chi connectivity index (χ0v) is 18.8. The number of nitrogens with zero attached hydrogens (tertiary/aromatic N) is 4. The highest BCUT2D eigenvalue weighted by Gasteiger charge is 2.28. The van der Waals surface area contributed by atoms with Crippen molar-refractivity contribution < 1.29 is 9.53 Å². The molecule has 0 aliphatic carbocycles. The lowest BCUT2D eigenvalue weighted by molar-refractivity contribution is 0.0602. The van der Waals surface area contributed by atoms with Gasteiger partial charge in [0.05, 0.1) is 7.11 Å². The van der Waals surface area contributed by atoms with Gasteiger partial charge in [0.25, 0.3) is 5.91 Å². The van der Waals surface area contributed by atoms with Crippen molar-refractivity contribution in [3.05, 3.63) is 53.7 Å². The molecule has 1 atom stereocenters. The van der Waals surface area contributed by atoms with Crippen LogP contribution < -0.4 is 9.64 Å². The van der Waals surface area contributed by atoms with Crippen LogP contribution in [0.1, 0.15) is 41.6 Å². The molecular formula is C25H34N4O2. The molecule has 2 aliphatic heterocycles. The highest BCUT2D eigenvalue weighted by Crippen LogP contribution is 2.25. The van der Waals surface area contributed by atoms with Crippen LogP contribution in [0.15, 0.2) is 42.6 Å². The number of hydrogen-bond donors (Lipinski definition) is 0. The number of amides is 1. The van der Waals surface area contributed by atoms with E-state index in [2.05, 4.69) is 38.9 Å². The lowest BCUT2D eigenvalue weighted by Gasteiger charge is -2.36. The fraction of sp³-hybridized carbons (Fsp3) is 0.520. The Hall–Kier alpha value is -2.60. The molecule has 0 saturated carbocycles. The Bertz CT molecular complexity index is 879. The van der Waals surface area contributed by atoms with Crippen molar-refractivity contribution in [1.29, 1.82) is 0 Å². The van der Waals surface area contributed by atoms with E-state index in [4.69, 9.17) is 4.74 Å². The van der Waals surface area contributed by atoms with Gasteiger partial charge in [-0.3, -0.25) is 4.79 Å². The summed E-state index contributed by atoms with van der Waals surface area (Å²) >= 11 is 0. The molecule has 4 rings (SSSR count). The Kier molecular flexibility index (Phi) is 7.07. The molecule has 1 aromatic carbocycles. The van der Waals surface area contributed by atoms with Crippen LogP contribution in [0.25, 0.3) is 0 Å². The molecule has 0 radical (unpaired) electrons. The first-order valence-electron chi connectivity index (χ1n) is 11.5. The summed E-state index contributed by atoms with van der Waals surface area (Å²) in [6.45, 7) is 4.80.